The average Bonchev–Trinajstić information content (AvgIpc) is 2.25. The molecule has 0 bridgehead atoms. The Morgan fingerprint density at radius 2 is 1.65 bits per heavy atom. The van der Waals surface area contributed by atoms with Crippen molar-refractivity contribution in [1.29, 1.82) is 0 Å². The second-order valence-electron chi connectivity index (χ2n) is 3.80. The van der Waals surface area contributed by atoms with Crippen LogP contribution < -0.4 is 11.1 Å². The molecule has 0 amide bonds. The molecule has 17 heavy (non-hydrogen) atoms. The van der Waals surface area contributed by atoms with Crippen LogP contribution in [0.25, 0.3) is 0 Å². The molecule has 2 rings (SSSR count). The first-order chi connectivity index (χ1) is 8.08. The van der Waals surface area contributed by atoms with Crippen molar-refractivity contribution in [2.75, 3.05) is 11.1 Å². The summed E-state index contributed by atoms with van der Waals surface area (Å²) in [4.78, 5) is 0. The Kier molecular flexibility index (Phi) is 2.95. The molecule has 0 spiro atoms. The maximum Gasteiger partial charge on any atom is 0.151 e. The number of aryl methyl sites for hydroxylation is 1. The van der Waals surface area contributed by atoms with Crippen molar-refractivity contribution in [2.45, 2.75) is 6.92 Å². The predicted molar refractivity (Wildman–Crippen MR) is 65.2 cm³/mol. The summed E-state index contributed by atoms with van der Waals surface area (Å²) in [5, 5.41) is 2.73. The second-order valence-corrected chi connectivity index (χ2v) is 3.80. The van der Waals surface area contributed by atoms with Crippen molar-refractivity contribution >= 4 is 17.1 Å². The van der Waals surface area contributed by atoms with Crippen molar-refractivity contribution in [3.8, 4) is 0 Å². The zero-order valence-electron chi connectivity index (χ0n) is 9.30. The Hall–Kier alpha value is -2.10. The van der Waals surface area contributed by atoms with Gasteiger partial charge in [0, 0.05) is 11.4 Å². The summed E-state index contributed by atoms with van der Waals surface area (Å²) in [6.07, 6.45) is 0. The zero-order valence-corrected chi connectivity index (χ0v) is 9.30. The van der Waals surface area contributed by atoms with Gasteiger partial charge in [-0.25, -0.2) is 8.78 Å². The van der Waals surface area contributed by atoms with Gasteiger partial charge >= 0.3 is 0 Å². The minimum Gasteiger partial charge on any atom is -0.399 e. The fraction of sp³-hybridized carbons (Fsp3) is 0.0769. The van der Waals surface area contributed by atoms with E-state index in [1.807, 2.05) is 19.1 Å². The molecular weight excluding hydrogens is 222 g/mol. The largest absolute Gasteiger partial charge is 0.399 e. The van der Waals surface area contributed by atoms with Crippen LogP contribution in [0.1, 0.15) is 5.56 Å². The molecular formula is C13H12F2N2. The fourth-order valence-corrected chi connectivity index (χ4v) is 1.56. The molecule has 3 N–H and O–H groups in total. The number of nitrogen functional groups attached to an aromatic ring is 1. The van der Waals surface area contributed by atoms with E-state index in [9.17, 15) is 8.78 Å². The van der Waals surface area contributed by atoms with Crippen LogP contribution in [0.15, 0.2) is 36.4 Å². The summed E-state index contributed by atoms with van der Waals surface area (Å²) in [6.45, 7) is 1.86. The molecule has 0 unspecified atom stereocenters. The minimum absolute atomic E-state index is 0.0651. The van der Waals surface area contributed by atoms with Gasteiger partial charge in [0.2, 0.25) is 0 Å². The summed E-state index contributed by atoms with van der Waals surface area (Å²) in [7, 11) is 0. The van der Waals surface area contributed by atoms with Gasteiger partial charge in [-0.2, -0.15) is 0 Å². The summed E-state index contributed by atoms with van der Waals surface area (Å²) < 4.78 is 27.1. The summed E-state index contributed by atoms with van der Waals surface area (Å²) in [6, 6.07) is 9.44. The molecule has 0 radical (unpaired) electrons. The van der Waals surface area contributed by atoms with E-state index in [0.717, 1.165) is 17.7 Å². The lowest BCUT2D eigenvalue weighted by Gasteiger charge is -2.11. The molecule has 0 saturated carbocycles. The van der Waals surface area contributed by atoms with Crippen LogP contribution in [-0.2, 0) is 0 Å². The highest BCUT2D eigenvalue weighted by molar-refractivity contribution is 5.65. The van der Waals surface area contributed by atoms with Gasteiger partial charge in [-0.15, -0.1) is 0 Å². The van der Waals surface area contributed by atoms with E-state index in [-0.39, 0.29) is 11.4 Å². The molecule has 0 aromatic heterocycles. The average molecular weight is 234 g/mol. The van der Waals surface area contributed by atoms with E-state index in [0.29, 0.717) is 5.69 Å². The van der Waals surface area contributed by atoms with Crippen molar-refractivity contribution in [3.63, 3.8) is 0 Å². The first-order valence-corrected chi connectivity index (χ1v) is 5.15. The number of rotatable bonds is 2. The Bertz CT molecular complexity index is 530. The van der Waals surface area contributed by atoms with Crippen molar-refractivity contribution in [1.82, 2.24) is 0 Å². The van der Waals surface area contributed by atoms with E-state index >= 15 is 0 Å². The van der Waals surface area contributed by atoms with Gasteiger partial charge < -0.3 is 11.1 Å². The molecule has 4 heteroatoms. The third-order valence-electron chi connectivity index (χ3n) is 2.47. The lowest BCUT2D eigenvalue weighted by molar-refractivity contribution is 0.592. The Balaban J connectivity index is 2.40. The predicted octanol–water partition coefficient (Wildman–Crippen LogP) is 3.60. The van der Waals surface area contributed by atoms with Gasteiger partial charge in [-0.1, -0.05) is 18.2 Å². The Labute approximate surface area is 98.1 Å². The van der Waals surface area contributed by atoms with Crippen LogP contribution in [0, 0.1) is 18.6 Å². The lowest BCUT2D eigenvalue weighted by atomic mass is 10.2. The van der Waals surface area contributed by atoms with Crippen molar-refractivity contribution in [3.05, 3.63) is 53.6 Å². The number of benzene rings is 2. The van der Waals surface area contributed by atoms with Crippen LogP contribution in [0.2, 0.25) is 0 Å². The maximum atomic E-state index is 13.5. The van der Waals surface area contributed by atoms with Gasteiger partial charge in [-0.05, 0) is 30.7 Å². The van der Waals surface area contributed by atoms with E-state index < -0.39 is 11.6 Å². The third kappa shape index (κ3) is 2.36. The highest BCUT2D eigenvalue weighted by Gasteiger charge is 2.11. The molecule has 0 aliphatic carbocycles. The molecule has 2 nitrogen and oxygen atoms in total. The number of anilines is 3. The van der Waals surface area contributed by atoms with Gasteiger partial charge in [0.25, 0.3) is 0 Å². The zero-order chi connectivity index (χ0) is 12.4. The second kappa shape index (κ2) is 4.41. The number of para-hydroxylation sites is 1. The molecule has 2 aromatic rings. The molecule has 2 aromatic carbocycles. The minimum atomic E-state index is -0.703. The fourth-order valence-electron chi connectivity index (χ4n) is 1.56. The van der Waals surface area contributed by atoms with Gasteiger partial charge in [0.05, 0.1) is 0 Å². The van der Waals surface area contributed by atoms with Crippen LogP contribution in [0.5, 0.6) is 0 Å². The van der Waals surface area contributed by atoms with Crippen LogP contribution >= 0.6 is 0 Å². The SMILES string of the molecule is Cc1ccccc1Nc1c(F)cc(N)cc1F. The topological polar surface area (TPSA) is 38.0 Å². The molecule has 0 aliphatic heterocycles. The third-order valence-corrected chi connectivity index (χ3v) is 2.47. The molecule has 0 atom stereocenters. The monoisotopic (exact) mass is 234 g/mol. The standard InChI is InChI=1S/C13H12F2N2/c1-8-4-2-3-5-12(8)17-13-10(14)6-9(16)7-11(13)15/h2-7,17H,16H2,1H3. The first kappa shape index (κ1) is 11.4. The summed E-state index contributed by atoms with van der Waals surface area (Å²) in [5.74, 6) is -1.41. The first-order valence-electron chi connectivity index (χ1n) is 5.15. The van der Waals surface area contributed by atoms with E-state index in [1.165, 1.54) is 0 Å². The van der Waals surface area contributed by atoms with Crippen LogP contribution in [0.4, 0.5) is 25.8 Å². The van der Waals surface area contributed by atoms with E-state index in [2.05, 4.69) is 5.32 Å². The number of nitrogens with one attached hydrogen (secondary N) is 1. The highest BCUT2D eigenvalue weighted by atomic mass is 19.1. The Morgan fingerprint density at radius 1 is 1.06 bits per heavy atom. The number of halogens is 2. The normalized spacial score (nSPS) is 10.3. The van der Waals surface area contributed by atoms with Gasteiger partial charge in [0.15, 0.2) is 11.6 Å². The van der Waals surface area contributed by atoms with E-state index in [1.54, 1.807) is 12.1 Å². The molecule has 88 valence electrons. The highest BCUT2D eigenvalue weighted by Crippen LogP contribution is 2.26. The molecule has 0 fully saturated rings. The maximum absolute atomic E-state index is 13.5. The number of hydrogen-bond donors (Lipinski definition) is 2. The van der Waals surface area contributed by atoms with Gasteiger partial charge in [-0.3, -0.25) is 0 Å². The molecule has 0 heterocycles. The van der Waals surface area contributed by atoms with Crippen molar-refractivity contribution < 1.29 is 8.78 Å². The molecule has 0 aliphatic rings. The summed E-state index contributed by atoms with van der Waals surface area (Å²) in [5.41, 5.74) is 6.79. The number of hydrogen-bond acceptors (Lipinski definition) is 2. The smallest absolute Gasteiger partial charge is 0.151 e. The van der Waals surface area contributed by atoms with Crippen LogP contribution in [0.3, 0.4) is 0 Å². The lowest BCUT2D eigenvalue weighted by Crippen LogP contribution is -2.00. The quantitative estimate of drug-likeness (QED) is 0.779. The van der Waals surface area contributed by atoms with Crippen LogP contribution in [-0.4, -0.2) is 0 Å². The van der Waals surface area contributed by atoms with Crippen molar-refractivity contribution in [2.24, 2.45) is 0 Å². The summed E-state index contributed by atoms with van der Waals surface area (Å²) >= 11 is 0. The Morgan fingerprint density at radius 3 is 2.24 bits per heavy atom. The van der Waals surface area contributed by atoms with Gasteiger partial charge in [0.1, 0.15) is 5.69 Å². The number of nitrogens with two attached hydrogens (primary N) is 1. The molecule has 0 saturated heterocycles. The van der Waals surface area contributed by atoms with E-state index in [4.69, 9.17) is 5.73 Å².